The van der Waals surface area contributed by atoms with Crippen molar-refractivity contribution in [2.24, 2.45) is 5.73 Å². The molecule has 0 aromatic carbocycles. The van der Waals surface area contributed by atoms with Gasteiger partial charge in [-0.25, -0.2) is 0 Å². The molecule has 0 saturated carbocycles. The third-order valence-corrected chi connectivity index (χ3v) is 4.26. The van der Waals surface area contributed by atoms with Crippen LogP contribution in [0.25, 0.3) is 0 Å². The second-order valence-corrected chi connectivity index (χ2v) is 8.00. The van der Waals surface area contributed by atoms with Gasteiger partial charge in [-0.2, -0.15) is 16.9 Å². The molecule has 0 amide bonds. The van der Waals surface area contributed by atoms with E-state index >= 15 is 0 Å². The first-order chi connectivity index (χ1) is 9.24. The average molecular weight is 300 g/mol. The number of aromatic nitrogens is 2. The molecular formula is C14H28N4OS. The van der Waals surface area contributed by atoms with Gasteiger partial charge in [0.05, 0.1) is 31.6 Å². The number of rotatable bonds is 7. The zero-order valence-electron chi connectivity index (χ0n) is 13.5. The number of nitrogens with two attached hydrogens (primary N) is 1. The molecule has 1 atom stereocenters. The van der Waals surface area contributed by atoms with Crippen molar-refractivity contribution in [3.63, 3.8) is 0 Å². The van der Waals surface area contributed by atoms with Crippen molar-refractivity contribution in [2.75, 3.05) is 33.5 Å². The van der Waals surface area contributed by atoms with E-state index in [0.29, 0.717) is 0 Å². The van der Waals surface area contributed by atoms with Crippen LogP contribution >= 0.6 is 11.8 Å². The fraction of sp³-hybridized carbons (Fsp3) is 0.786. The van der Waals surface area contributed by atoms with E-state index in [1.54, 1.807) is 13.3 Å². The maximum absolute atomic E-state index is 6.35. The molecule has 0 fully saturated rings. The molecule has 0 radical (unpaired) electrons. The smallest absolute Gasteiger partial charge is 0.161 e. The van der Waals surface area contributed by atoms with Crippen LogP contribution in [0, 0.1) is 0 Å². The number of methoxy groups -OCH3 is 1. The van der Waals surface area contributed by atoms with Gasteiger partial charge in [0.2, 0.25) is 0 Å². The topological polar surface area (TPSA) is 56.3 Å². The van der Waals surface area contributed by atoms with Crippen LogP contribution in [0.5, 0.6) is 5.75 Å². The van der Waals surface area contributed by atoms with Gasteiger partial charge in [0.25, 0.3) is 0 Å². The SMILES string of the molecule is COc1cnn(CCN(C)C)c1C(N)CSC(C)(C)C. The fourth-order valence-electron chi connectivity index (χ4n) is 1.80. The van der Waals surface area contributed by atoms with Gasteiger partial charge in [-0.3, -0.25) is 4.68 Å². The number of nitrogens with zero attached hydrogens (tertiary/aromatic N) is 3. The maximum Gasteiger partial charge on any atom is 0.161 e. The first-order valence-electron chi connectivity index (χ1n) is 6.88. The van der Waals surface area contributed by atoms with Crippen molar-refractivity contribution in [3.05, 3.63) is 11.9 Å². The minimum absolute atomic E-state index is 0.0705. The second-order valence-electron chi connectivity index (χ2n) is 6.15. The van der Waals surface area contributed by atoms with Crippen LogP contribution in [-0.4, -0.2) is 52.9 Å². The summed E-state index contributed by atoms with van der Waals surface area (Å²) in [6, 6.07) is -0.0705. The Morgan fingerprint density at radius 2 is 2.10 bits per heavy atom. The van der Waals surface area contributed by atoms with E-state index in [-0.39, 0.29) is 10.8 Å². The summed E-state index contributed by atoms with van der Waals surface area (Å²) in [6.45, 7) is 8.34. The Balaban J connectivity index is 2.81. The minimum Gasteiger partial charge on any atom is -0.493 e. The van der Waals surface area contributed by atoms with Gasteiger partial charge >= 0.3 is 0 Å². The van der Waals surface area contributed by atoms with Crippen molar-refractivity contribution in [1.82, 2.24) is 14.7 Å². The van der Waals surface area contributed by atoms with Crippen LogP contribution in [0.2, 0.25) is 0 Å². The molecule has 0 bridgehead atoms. The normalized spacial score (nSPS) is 13.8. The summed E-state index contributed by atoms with van der Waals surface area (Å²) in [6.07, 6.45) is 1.76. The predicted octanol–water partition coefficient (Wildman–Crippen LogP) is 1.98. The summed E-state index contributed by atoms with van der Waals surface area (Å²) in [7, 11) is 5.77. The zero-order chi connectivity index (χ0) is 15.3. The average Bonchev–Trinajstić information content (AvgIpc) is 2.75. The largest absolute Gasteiger partial charge is 0.493 e. The molecule has 20 heavy (non-hydrogen) atoms. The molecule has 0 saturated heterocycles. The molecule has 0 aliphatic rings. The molecule has 1 aromatic rings. The molecule has 0 spiro atoms. The quantitative estimate of drug-likeness (QED) is 0.834. The standard InChI is InChI=1S/C14H28N4OS/c1-14(2,3)20-10-11(15)13-12(19-6)9-16-18(13)8-7-17(4)5/h9,11H,7-8,10,15H2,1-6H3. The van der Waals surface area contributed by atoms with Gasteiger partial charge < -0.3 is 15.4 Å². The Kier molecular flexibility index (Phi) is 6.36. The van der Waals surface area contributed by atoms with E-state index in [0.717, 1.165) is 30.3 Å². The predicted molar refractivity (Wildman–Crippen MR) is 86.5 cm³/mol. The molecule has 6 heteroatoms. The van der Waals surface area contributed by atoms with Crippen LogP contribution in [0.4, 0.5) is 0 Å². The Hall–Kier alpha value is -0.720. The summed E-state index contributed by atoms with van der Waals surface area (Å²) >= 11 is 1.86. The van der Waals surface area contributed by atoms with E-state index in [4.69, 9.17) is 10.5 Å². The number of thioether (sulfide) groups is 1. The van der Waals surface area contributed by atoms with Crippen LogP contribution in [-0.2, 0) is 6.54 Å². The zero-order valence-corrected chi connectivity index (χ0v) is 14.3. The highest BCUT2D eigenvalue weighted by Crippen LogP contribution is 2.30. The molecule has 0 aliphatic heterocycles. The van der Waals surface area contributed by atoms with E-state index in [9.17, 15) is 0 Å². The van der Waals surface area contributed by atoms with Gasteiger partial charge in [-0.1, -0.05) is 20.8 Å². The number of likely N-dealkylation sites (N-methyl/N-ethyl adjacent to an activating group) is 1. The lowest BCUT2D eigenvalue weighted by atomic mass is 10.2. The Morgan fingerprint density at radius 3 is 2.60 bits per heavy atom. The van der Waals surface area contributed by atoms with Gasteiger partial charge in [0, 0.05) is 17.0 Å². The highest BCUT2D eigenvalue weighted by Gasteiger charge is 2.21. The number of hydrogen-bond acceptors (Lipinski definition) is 5. The Morgan fingerprint density at radius 1 is 1.45 bits per heavy atom. The first-order valence-corrected chi connectivity index (χ1v) is 7.87. The third kappa shape index (κ3) is 5.34. The first kappa shape index (κ1) is 17.3. The van der Waals surface area contributed by atoms with Crippen LogP contribution in [0.15, 0.2) is 6.20 Å². The van der Waals surface area contributed by atoms with Crippen LogP contribution < -0.4 is 10.5 Å². The lowest BCUT2D eigenvalue weighted by Crippen LogP contribution is -2.25. The molecule has 5 nitrogen and oxygen atoms in total. The molecule has 1 heterocycles. The van der Waals surface area contributed by atoms with Crippen molar-refractivity contribution in [3.8, 4) is 5.75 Å². The third-order valence-electron chi connectivity index (χ3n) is 2.87. The number of ether oxygens (including phenoxy) is 1. The van der Waals surface area contributed by atoms with Crippen molar-refractivity contribution >= 4 is 11.8 Å². The van der Waals surface area contributed by atoms with E-state index in [1.807, 2.05) is 16.4 Å². The van der Waals surface area contributed by atoms with Gasteiger partial charge in [-0.05, 0) is 14.1 Å². The highest BCUT2D eigenvalue weighted by atomic mass is 32.2. The van der Waals surface area contributed by atoms with Gasteiger partial charge in [0.15, 0.2) is 5.75 Å². The number of hydrogen-bond donors (Lipinski definition) is 1. The molecule has 1 rings (SSSR count). The summed E-state index contributed by atoms with van der Waals surface area (Å²) in [4.78, 5) is 2.13. The van der Waals surface area contributed by atoms with E-state index in [2.05, 4.69) is 44.9 Å². The maximum atomic E-state index is 6.35. The molecule has 1 unspecified atom stereocenters. The summed E-state index contributed by atoms with van der Waals surface area (Å²) < 4.78 is 7.57. The molecule has 116 valence electrons. The molecule has 2 N–H and O–H groups in total. The van der Waals surface area contributed by atoms with Crippen LogP contribution in [0.3, 0.4) is 0 Å². The van der Waals surface area contributed by atoms with Crippen molar-refractivity contribution < 1.29 is 4.74 Å². The van der Waals surface area contributed by atoms with Gasteiger partial charge in [-0.15, -0.1) is 0 Å². The highest BCUT2D eigenvalue weighted by molar-refractivity contribution is 8.00. The Labute approximate surface area is 126 Å². The lowest BCUT2D eigenvalue weighted by Gasteiger charge is -2.22. The van der Waals surface area contributed by atoms with Crippen molar-refractivity contribution in [1.29, 1.82) is 0 Å². The summed E-state index contributed by atoms with van der Waals surface area (Å²) in [5.74, 6) is 1.64. The molecule has 1 aromatic heterocycles. The second kappa shape index (κ2) is 7.33. The lowest BCUT2D eigenvalue weighted by molar-refractivity contribution is 0.362. The van der Waals surface area contributed by atoms with Crippen molar-refractivity contribution in [2.45, 2.75) is 38.1 Å². The fourth-order valence-corrected chi connectivity index (χ4v) is 2.64. The molecule has 0 aliphatic carbocycles. The molecular weight excluding hydrogens is 272 g/mol. The van der Waals surface area contributed by atoms with E-state index < -0.39 is 0 Å². The van der Waals surface area contributed by atoms with Gasteiger partial charge in [0.1, 0.15) is 0 Å². The Bertz CT molecular complexity index is 412. The summed E-state index contributed by atoms with van der Waals surface area (Å²) in [5.41, 5.74) is 7.35. The minimum atomic E-state index is -0.0705. The van der Waals surface area contributed by atoms with E-state index in [1.165, 1.54) is 0 Å². The monoisotopic (exact) mass is 300 g/mol. The summed E-state index contributed by atoms with van der Waals surface area (Å²) in [5, 5.41) is 4.40. The van der Waals surface area contributed by atoms with Crippen LogP contribution in [0.1, 0.15) is 32.5 Å².